The number of aryl methyl sites for hydroxylation is 1. The van der Waals surface area contributed by atoms with Gasteiger partial charge in [-0.3, -0.25) is 4.98 Å². The molecule has 0 radical (unpaired) electrons. The molecule has 0 aliphatic carbocycles. The summed E-state index contributed by atoms with van der Waals surface area (Å²) in [6.07, 6.45) is 5.41. The molecule has 0 N–H and O–H groups in total. The van der Waals surface area contributed by atoms with Gasteiger partial charge in [0.1, 0.15) is 11.4 Å². The summed E-state index contributed by atoms with van der Waals surface area (Å²) in [5.74, 6) is 1.95. The largest absolute Gasteiger partial charge is 0.487 e. The second-order valence-electron chi connectivity index (χ2n) is 10.6. The Balaban J connectivity index is 1.24. The molecule has 5 rings (SSSR count). The fraction of sp³-hybridized carbons (Fsp3) is 0.519. The van der Waals surface area contributed by atoms with Crippen LogP contribution < -0.4 is 9.64 Å². The van der Waals surface area contributed by atoms with Crippen LogP contribution in [0.2, 0.25) is 0 Å². The Morgan fingerprint density at radius 1 is 1.06 bits per heavy atom. The number of anilines is 1. The molecule has 1 saturated heterocycles. The van der Waals surface area contributed by atoms with E-state index in [1.54, 1.807) is 20.0 Å². The van der Waals surface area contributed by atoms with Gasteiger partial charge in [0.2, 0.25) is 0 Å². The molecule has 0 atom stereocenters. The summed E-state index contributed by atoms with van der Waals surface area (Å²) in [6.45, 7) is 9.19. The van der Waals surface area contributed by atoms with E-state index >= 15 is 0 Å². The van der Waals surface area contributed by atoms with Crippen molar-refractivity contribution in [3.63, 3.8) is 0 Å². The number of sulfone groups is 1. The lowest BCUT2D eigenvalue weighted by Crippen LogP contribution is -2.50. The Bertz CT molecular complexity index is 1320. The highest BCUT2D eigenvalue weighted by Gasteiger charge is 2.40. The molecule has 0 saturated carbocycles. The van der Waals surface area contributed by atoms with Crippen molar-refractivity contribution >= 4 is 15.9 Å². The second-order valence-corrected chi connectivity index (χ2v) is 13.1. The standard InChI is InChI=1S/C27H34N4O4S/c1-18(2)25-29-26(35-30-25)31-13-11-27(12-14-31)10-9-22-15-21(6-8-24(22)34-27)23-7-5-20(16-28-23)17-36(32,33)19(3)4/h5-8,15-16,18-19H,9-14,17H2,1-4H3. The predicted molar refractivity (Wildman–Crippen MR) is 139 cm³/mol. The van der Waals surface area contributed by atoms with Gasteiger partial charge < -0.3 is 14.2 Å². The molecule has 0 amide bonds. The predicted octanol–water partition coefficient (Wildman–Crippen LogP) is 4.94. The minimum atomic E-state index is -3.15. The summed E-state index contributed by atoms with van der Waals surface area (Å²) < 4.78 is 36.5. The van der Waals surface area contributed by atoms with Crippen molar-refractivity contribution in [3.8, 4) is 17.0 Å². The van der Waals surface area contributed by atoms with Crippen molar-refractivity contribution < 1.29 is 17.7 Å². The molecule has 192 valence electrons. The van der Waals surface area contributed by atoms with E-state index in [0.29, 0.717) is 11.6 Å². The minimum Gasteiger partial charge on any atom is -0.487 e. The zero-order valence-corrected chi connectivity index (χ0v) is 22.2. The van der Waals surface area contributed by atoms with E-state index in [2.05, 4.69) is 39.9 Å². The van der Waals surface area contributed by atoms with Gasteiger partial charge in [-0.25, -0.2) is 8.42 Å². The van der Waals surface area contributed by atoms with Crippen LogP contribution in [0.5, 0.6) is 5.75 Å². The molecular formula is C27H34N4O4S. The van der Waals surface area contributed by atoms with Gasteiger partial charge in [0.05, 0.1) is 16.7 Å². The first-order valence-corrected chi connectivity index (χ1v) is 14.4. The number of ether oxygens (including phenoxy) is 1. The fourth-order valence-corrected chi connectivity index (χ4v) is 5.78. The van der Waals surface area contributed by atoms with Crippen LogP contribution in [0.3, 0.4) is 0 Å². The lowest BCUT2D eigenvalue weighted by atomic mass is 9.83. The molecular weight excluding hydrogens is 476 g/mol. The first-order valence-electron chi connectivity index (χ1n) is 12.7. The SMILES string of the molecule is CC(C)c1noc(N2CCC3(CCc4cc(-c5ccc(CS(=O)(=O)C(C)C)cn5)ccc4O3)CC2)n1. The van der Waals surface area contributed by atoms with E-state index in [-0.39, 0.29) is 17.3 Å². The maximum Gasteiger partial charge on any atom is 0.324 e. The van der Waals surface area contributed by atoms with Crippen molar-refractivity contribution in [1.82, 2.24) is 15.1 Å². The van der Waals surface area contributed by atoms with E-state index in [1.165, 1.54) is 5.56 Å². The maximum absolute atomic E-state index is 12.2. The second kappa shape index (κ2) is 9.50. The Morgan fingerprint density at radius 3 is 2.47 bits per heavy atom. The summed E-state index contributed by atoms with van der Waals surface area (Å²) in [5.41, 5.74) is 3.58. The zero-order chi connectivity index (χ0) is 25.5. The fourth-order valence-electron chi connectivity index (χ4n) is 4.81. The summed E-state index contributed by atoms with van der Waals surface area (Å²) >= 11 is 0. The third-order valence-electron chi connectivity index (χ3n) is 7.34. The zero-order valence-electron chi connectivity index (χ0n) is 21.4. The van der Waals surface area contributed by atoms with Gasteiger partial charge >= 0.3 is 6.01 Å². The number of hydrogen-bond donors (Lipinski definition) is 0. The number of fused-ring (bicyclic) bond motifs is 1. The highest BCUT2D eigenvalue weighted by Crippen LogP contribution is 2.41. The normalized spacial score (nSPS) is 17.4. The number of nitrogens with zero attached hydrogens (tertiary/aromatic N) is 4. The Hall–Kier alpha value is -2.94. The quantitative estimate of drug-likeness (QED) is 0.460. The summed E-state index contributed by atoms with van der Waals surface area (Å²) in [5, 5.41) is 3.70. The topological polar surface area (TPSA) is 98.4 Å². The van der Waals surface area contributed by atoms with Crippen LogP contribution in [0.25, 0.3) is 11.3 Å². The molecule has 0 unspecified atom stereocenters. The van der Waals surface area contributed by atoms with Gasteiger partial charge in [0, 0.05) is 43.6 Å². The minimum absolute atomic E-state index is 0.0148. The third-order valence-corrected chi connectivity index (χ3v) is 9.51. The molecule has 8 nitrogen and oxygen atoms in total. The molecule has 2 aliphatic rings. The number of hydrogen-bond acceptors (Lipinski definition) is 8. The van der Waals surface area contributed by atoms with Gasteiger partial charge in [-0.15, -0.1) is 0 Å². The van der Waals surface area contributed by atoms with Gasteiger partial charge in [0.25, 0.3) is 0 Å². The number of piperidine rings is 1. The first-order chi connectivity index (χ1) is 17.1. The molecule has 2 aromatic heterocycles. The summed E-state index contributed by atoms with van der Waals surface area (Å²) in [6, 6.07) is 10.6. The molecule has 4 heterocycles. The van der Waals surface area contributed by atoms with Crippen LogP contribution in [0.4, 0.5) is 6.01 Å². The third kappa shape index (κ3) is 4.98. The van der Waals surface area contributed by atoms with Gasteiger partial charge in [0.15, 0.2) is 15.7 Å². The Labute approximate surface area is 213 Å². The van der Waals surface area contributed by atoms with Crippen LogP contribution in [-0.2, 0) is 22.0 Å². The van der Waals surface area contributed by atoms with Crippen LogP contribution in [0, 0.1) is 0 Å². The smallest absolute Gasteiger partial charge is 0.324 e. The first kappa shape index (κ1) is 24.7. The van der Waals surface area contributed by atoms with Gasteiger partial charge in [-0.05, 0) is 62.1 Å². The van der Waals surface area contributed by atoms with Gasteiger partial charge in [-0.2, -0.15) is 4.98 Å². The Kier molecular flexibility index (Phi) is 6.53. The lowest BCUT2D eigenvalue weighted by molar-refractivity contribution is 0.0217. The van der Waals surface area contributed by atoms with Crippen molar-refractivity contribution in [2.24, 2.45) is 0 Å². The highest BCUT2D eigenvalue weighted by molar-refractivity contribution is 7.91. The summed E-state index contributed by atoms with van der Waals surface area (Å²) in [4.78, 5) is 11.2. The molecule has 2 aliphatic heterocycles. The number of aromatic nitrogens is 3. The number of rotatable bonds is 6. The van der Waals surface area contributed by atoms with Crippen LogP contribution in [-0.4, -0.2) is 47.5 Å². The maximum atomic E-state index is 12.2. The van der Waals surface area contributed by atoms with E-state index in [1.807, 2.05) is 24.3 Å². The van der Waals surface area contributed by atoms with Crippen LogP contribution in [0.15, 0.2) is 41.1 Å². The molecule has 0 bridgehead atoms. The summed E-state index contributed by atoms with van der Waals surface area (Å²) in [7, 11) is -3.15. The van der Waals surface area contributed by atoms with Crippen molar-refractivity contribution in [3.05, 3.63) is 53.5 Å². The van der Waals surface area contributed by atoms with Crippen LogP contribution >= 0.6 is 0 Å². The number of benzene rings is 1. The molecule has 1 fully saturated rings. The van der Waals surface area contributed by atoms with Gasteiger partial charge in [-0.1, -0.05) is 25.1 Å². The van der Waals surface area contributed by atoms with E-state index < -0.39 is 15.1 Å². The molecule has 36 heavy (non-hydrogen) atoms. The lowest BCUT2D eigenvalue weighted by Gasteiger charge is -2.44. The van der Waals surface area contributed by atoms with Crippen LogP contribution in [0.1, 0.15) is 69.8 Å². The number of pyridine rings is 1. The highest BCUT2D eigenvalue weighted by atomic mass is 32.2. The Morgan fingerprint density at radius 2 is 1.83 bits per heavy atom. The molecule has 3 aromatic rings. The molecule has 1 spiro atoms. The molecule has 1 aromatic carbocycles. The van der Waals surface area contributed by atoms with Crippen molar-refractivity contribution in [2.75, 3.05) is 18.0 Å². The van der Waals surface area contributed by atoms with Crippen molar-refractivity contribution in [1.29, 1.82) is 0 Å². The average Bonchev–Trinajstić information content (AvgIpc) is 3.35. The average molecular weight is 511 g/mol. The van der Waals surface area contributed by atoms with Crippen molar-refractivity contribution in [2.45, 2.75) is 75.9 Å². The van der Waals surface area contributed by atoms with E-state index in [0.717, 1.165) is 61.6 Å². The molecule has 9 heteroatoms. The monoisotopic (exact) mass is 510 g/mol. The van der Waals surface area contributed by atoms with E-state index in [4.69, 9.17) is 9.26 Å². The van der Waals surface area contributed by atoms with E-state index in [9.17, 15) is 8.42 Å².